The summed E-state index contributed by atoms with van der Waals surface area (Å²) in [6, 6.07) is 0. The van der Waals surface area contributed by atoms with Crippen LogP contribution in [0.3, 0.4) is 0 Å². The molecule has 0 radical (unpaired) electrons. The molecule has 4 heteroatoms. The Morgan fingerprint density at radius 2 is 1.36 bits per heavy atom. The van der Waals surface area contributed by atoms with Gasteiger partial charge in [-0.15, -0.1) is 0 Å². The summed E-state index contributed by atoms with van der Waals surface area (Å²) >= 11 is 0. The van der Waals surface area contributed by atoms with Gasteiger partial charge in [0.1, 0.15) is 0 Å². The number of hydrogen-bond acceptors (Lipinski definition) is 2. The fraction of sp³-hybridized carbons (Fsp3) is 0.714. The second-order valence-corrected chi connectivity index (χ2v) is 2.53. The van der Waals surface area contributed by atoms with E-state index in [9.17, 15) is 9.59 Å². The molecule has 0 aliphatic rings. The highest BCUT2D eigenvalue weighted by Gasteiger charge is 1.95. The Morgan fingerprint density at radius 1 is 1.00 bits per heavy atom. The Kier molecular flexibility index (Phi) is 5.15. The van der Waals surface area contributed by atoms with Gasteiger partial charge in [-0.3, -0.25) is 9.59 Å². The third kappa shape index (κ3) is 5.39. The van der Waals surface area contributed by atoms with Gasteiger partial charge in [-0.05, 0) is 6.42 Å². The summed E-state index contributed by atoms with van der Waals surface area (Å²) in [5.74, 6) is 0. The van der Waals surface area contributed by atoms with Crippen molar-refractivity contribution in [3.05, 3.63) is 0 Å². The average molecular weight is 158 g/mol. The minimum absolute atomic E-state index is 0.696. The zero-order chi connectivity index (χ0) is 8.69. The van der Waals surface area contributed by atoms with Crippen molar-refractivity contribution < 1.29 is 9.59 Å². The van der Waals surface area contributed by atoms with E-state index in [0.29, 0.717) is 13.1 Å². The molecular formula is C7H14N2O2. The molecule has 0 aliphatic heterocycles. The van der Waals surface area contributed by atoms with Crippen molar-refractivity contribution in [2.75, 3.05) is 27.2 Å². The molecule has 64 valence electrons. The fourth-order valence-corrected chi connectivity index (χ4v) is 0.675. The van der Waals surface area contributed by atoms with Gasteiger partial charge in [0, 0.05) is 27.2 Å². The lowest BCUT2D eigenvalue weighted by molar-refractivity contribution is -0.117. The Morgan fingerprint density at radius 3 is 1.64 bits per heavy atom. The number of amides is 2. The van der Waals surface area contributed by atoms with Crippen LogP contribution < -0.4 is 0 Å². The molecule has 0 N–H and O–H groups in total. The number of carbonyl (C=O) groups excluding carboxylic acids is 2. The molecule has 4 nitrogen and oxygen atoms in total. The lowest BCUT2D eigenvalue weighted by atomic mass is 10.4. The molecule has 0 atom stereocenters. The van der Waals surface area contributed by atoms with E-state index in [1.807, 2.05) is 0 Å². The van der Waals surface area contributed by atoms with Crippen molar-refractivity contribution in [1.82, 2.24) is 9.80 Å². The summed E-state index contributed by atoms with van der Waals surface area (Å²) in [7, 11) is 3.43. The minimum Gasteiger partial charge on any atom is -0.348 e. The number of carbonyl (C=O) groups is 2. The van der Waals surface area contributed by atoms with Gasteiger partial charge in [0.05, 0.1) is 0 Å². The summed E-state index contributed by atoms with van der Waals surface area (Å²) in [4.78, 5) is 23.3. The molecule has 0 spiro atoms. The first-order valence-corrected chi connectivity index (χ1v) is 3.51. The van der Waals surface area contributed by atoms with E-state index in [-0.39, 0.29) is 0 Å². The third-order valence-corrected chi connectivity index (χ3v) is 1.38. The summed E-state index contributed by atoms with van der Waals surface area (Å²) in [5, 5.41) is 0. The summed E-state index contributed by atoms with van der Waals surface area (Å²) in [6.45, 7) is 1.39. The van der Waals surface area contributed by atoms with Gasteiger partial charge in [0.2, 0.25) is 12.8 Å². The SMILES string of the molecule is CN(C=O)CCCN(C)C=O. The minimum atomic E-state index is 0.696. The van der Waals surface area contributed by atoms with Crippen LogP contribution in [0.4, 0.5) is 0 Å². The highest BCUT2D eigenvalue weighted by atomic mass is 16.1. The van der Waals surface area contributed by atoms with Gasteiger partial charge in [-0.1, -0.05) is 0 Å². The molecule has 0 aliphatic carbocycles. The fourth-order valence-electron chi connectivity index (χ4n) is 0.675. The Labute approximate surface area is 66.8 Å². The normalized spacial score (nSPS) is 8.91. The summed E-state index contributed by atoms with van der Waals surface area (Å²) in [5.41, 5.74) is 0. The zero-order valence-corrected chi connectivity index (χ0v) is 6.99. The van der Waals surface area contributed by atoms with Crippen LogP contribution in [0.5, 0.6) is 0 Å². The largest absolute Gasteiger partial charge is 0.348 e. The van der Waals surface area contributed by atoms with Gasteiger partial charge in [0.25, 0.3) is 0 Å². The second kappa shape index (κ2) is 5.70. The molecule has 0 saturated carbocycles. The summed E-state index contributed by atoms with van der Waals surface area (Å²) < 4.78 is 0. The van der Waals surface area contributed by atoms with Gasteiger partial charge in [0.15, 0.2) is 0 Å². The van der Waals surface area contributed by atoms with E-state index in [2.05, 4.69) is 0 Å². The van der Waals surface area contributed by atoms with E-state index in [1.165, 1.54) is 0 Å². The first kappa shape index (κ1) is 9.94. The summed E-state index contributed by atoms with van der Waals surface area (Å²) in [6.07, 6.45) is 2.38. The van der Waals surface area contributed by atoms with E-state index < -0.39 is 0 Å². The molecule has 0 aromatic carbocycles. The van der Waals surface area contributed by atoms with Crippen LogP contribution in [0, 0.1) is 0 Å². The van der Waals surface area contributed by atoms with Crippen LogP contribution in [-0.4, -0.2) is 49.8 Å². The van der Waals surface area contributed by atoms with Crippen LogP contribution in [0.2, 0.25) is 0 Å². The molecule has 0 heterocycles. The third-order valence-electron chi connectivity index (χ3n) is 1.38. The molecule has 0 fully saturated rings. The lowest BCUT2D eigenvalue weighted by Crippen LogP contribution is -2.23. The second-order valence-electron chi connectivity index (χ2n) is 2.53. The molecular weight excluding hydrogens is 144 g/mol. The molecule has 0 rings (SSSR count). The quantitative estimate of drug-likeness (QED) is 0.491. The molecule has 0 bridgehead atoms. The van der Waals surface area contributed by atoms with Crippen LogP contribution in [-0.2, 0) is 9.59 Å². The van der Waals surface area contributed by atoms with E-state index in [0.717, 1.165) is 19.2 Å². The van der Waals surface area contributed by atoms with Crippen LogP contribution in [0.15, 0.2) is 0 Å². The van der Waals surface area contributed by atoms with E-state index in [4.69, 9.17) is 0 Å². The molecule has 2 amide bonds. The van der Waals surface area contributed by atoms with Gasteiger partial charge < -0.3 is 9.80 Å². The molecule has 0 aromatic rings. The maximum absolute atomic E-state index is 10.1. The highest BCUT2D eigenvalue weighted by molar-refractivity contribution is 5.46. The van der Waals surface area contributed by atoms with Gasteiger partial charge in [-0.2, -0.15) is 0 Å². The molecule has 11 heavy (non-hydrogen) atoms. The molecule has 0 saturated heterocycles. The van der Waals surface area contributed by atoms with Crippen LogP contribution in [0.25, 0.3) is 0 Å². The topological polar surface area (TPSA) is 40.6 Å². The number of nitrogens with zero attached hydrogens (tertiary/aromatic N) is 2. The standard InChI is InChI=1S/C7H14N2O2/c1-8(6-10)4-3-5-9(2)7-11/h6-7H,3-5H2,1-2H3. The first-order valence-electron chi connectivity index (χ1n) is 3.51. The van der Waals surface area contributed by atoms with Crippen molar-refractivity contribution in [1.29, 1.82) is 0 Å². The average Bonchev–Trinajstić information content (AvgIpc) is 2.04. The van der Waals surface area contributed by atoms with Crippen molar-refractivity contribution >= 4 is 12.8 Å². The predicted molar refractivity (Wildman–Crippen MR) is 42.0 cm³/mol. The monoisotopic (exact) mass is 158 g/mol. The number of hydrogen-bond donors (Lipinski definition) is 0. The first-order chi connectivity index (χ1) is 5.20. The maximum Gasteiger partial charge on any atom is 0.209 e. The van der Waals surface area contributed by atoms with Crippen LogP contribution in [0.1, 0.15) is 6.42 Å². The Hall–Kier alpha value is -1.06. The van der Waals surface area contributed by atoms with Crippen molar-refractivity contribution in [3.63, 3.8) is 0 Å². The van der Waals surface area contributed by atoms with Gasteiger partial charge in [-0.25, -0.2) is 0 Å². The van der Waals surface area contributed by atoms with Gasteiger partial charge >= 0.3 is 0 Å². The Balaban J connectivity index is 3.26. The number of rotatable bonds is 6. The zero-order valence-electron chi connectivity index (χ0n) is 6.99. The van der Waals surface area contributed by atoms with Crippen molar-refractivity contribution in [2.24, 2.45) is 0 Å². The predicted octanol–water partition coefficient (Wildman–Crippen LogP) is -0.447. The van der Waals surface area contributed by atoms with Crippen LogP contribution >= 0.6 is 0 Å². The van der Waals surface area contributed by atoms with Crippen molar-refractivity contribution in [3.8, 4) is 0 Å². The maximum atomic E-state index is 10.1. The highest BCUT2D eigenvalue weighted by Crippen LogP contribution is 1.85. The van der Waals surface area contributed by atoms with E-state index in [1.54, 1.807) is 23.9 Å². The smallest absolute Gasteiger partial charge is 0.209 e. The van der Waals surface area contributed by atoms with Crippen molar-refractivity contribution in [2.45, 2.75) is 6.42 Å². The molecule has 0 unspecified atom stereocenters. The molecule has 0 aromatic heterocycles. The lowest BCUT2D eigenvalue weighted by Gasteiger charge is -2.13. The Bertz CT molecular complexity index is 114. The van der Waals surface area contributed by atoms with E-state index >= 15 is 0 Å².